The number of aliphatic hydroxyl groups is 1. The maximum absolute atomic E-state index is 11.3. The molecule has 1 N–H and O–H groups in total. The van der Waals surface area contributed by atoms with Crippen molar-refractivity contribution < 1.29 is 14.6 Å². The second-order valence-electron chi connectivity index (χ2n) is 4.84. The molecule has 0 aliphatic heterocycles. The highest BCUT2D eigenvalue weighted by molar-refractivity contribution is 5.74. The summed E-state index contributed by atoms with van der Waals surface area (Å²) in [6.45, 7) is 8.69. The van der Waals surface area contributed by atoms with E-state index in [2.05, 4.69) is 27.7 Å². The maximum atomic E-state index is 11.3. The number of esters is 1. The largest absolute Gasteiger partial charge is 0.464 e. The standard InChI is InChI=1S/C12H24O3/c1-9(2)5-6-11(13)12(14)15-8-7-10(3)4/h9-11,13H,5-8H2,1-4H3. The molecule has 0 aliphatic carbocycles. The molecule has 15 heavy (non-hydrogen) atoms. The SMILES string of the molecule is CC(C)CCOC(=O)C(O)CCC(C)C. The zero-order chi connectivity index (χ0) is 11.8. The summed E-state index contributed by atoms with van der Waals surface area (Å²) in [4.78, 5) is 11.3. The van der Waals surface area contributed by atoms with Crippen LogP contribution in [0, 0.1) is 11.8 Å². The number of hydrogen-bond donors (Lipinski definition) is 1. The molecule has 0 radical (unpaired) electrons. The maximum Gasteiger partial charge on any atom is 0.334 e. The Labute approximate surface area is 92.8 Å². The van der Waals surface area contributed by atoms with Gasteiger partial charge >= 0.3 is 5.97 Å². The van der Waals surface area contributed by atoms with Crippen molar-refractivity contribution in [2.24, 2.45) is 11.8 Å². The van der Waals surface area contributed by atoms with Gasteiger partial charge in [0, 0.05) is 0 Å². The van der Waals surface area contributed by atoms with Gasteiger partial charge in [0.15, 0.2) is 6.10 Å². The molecule has 3 nitrogen and oxygen atoms in total. The van der Waals surface area contributed by atoms with Crippen LogP contribution in [0.3, 0.4) is 0 Å². The van der Waals surface area contributed by atoms with Gasteiger partial charge in [-0.25, -0.2) is 4.79 Å². The van der Waals surface area contributed by atoms with Crippen molar-refractivity contribution in [2.75, 3.05) is 6.61 Å². The van der Waals surface area contributed by atoms with Crippen LogP contribution in [0.25, 0.3) is 0 Å². The number of hydrogen-bond acceptors (Lipinski definition) is 3. The summed E-state index contributed by atoms with van der Waals surface area (Å²) in [6, 6.07) is 0. The number of ether oxygens (including phenoxy) is 1. The van der Waals surface area contributed by atoms with Crippen molar-refractivity contribution in [2.45, 2.75) is 53.1 Å². The van der Waals surface area contributed by atoms with Gasteiger partial charge < -0.3 is 9.84 Å². The zero-order valence-electron chi connectivity index (χ0n) is 10.3. The van der Waals surface area contributed by atoms with Crippen LogP contribution >= 0.6 is 0 Å². The van der Waals surface area contributed by atoms with E-state index < -0.39 is 12.1 Å². The number of rotatable bonds is 7. The average Bonchev–Trinajstić information content (AvgIpc) is 2.13. The second-order valence-corrected chi connectivity index (χ2v) is 4.84. The lowest BCUT2D eigenvalue weighted by molar-refractivity contribution is -0.154. The Kier molecular flexibility index (Phi) is 7.39. The van der Waals surface area contributed by atoms with Gasteiger partial charge in [-0.2, -0.15) is 0 Å². The van der Waals surface area contributed by atoms with Crippen LogP contribution in [-0.2, 0) is 9.53 Å². The van der Waals surface area contributed by atoms with Crippen LogP contribution in [0.2, 0.25) is 0 Å². The highest BCUT2D eigenvalue weighted by atomic mass is 16.5. The van der Waals surface area contributed by atoms with E-state index in [0.29, 0.717) is 24.9 Å². The Morgan fingerprint density at radius 3 is 2.07 bits per heavy atom. The molecule has 0 aliphatic rings. The van der Waals surface area contributed by atoms with E-state index >= 15 is 0 Å². The monoisotopic (exact) mass is 216 g/mol. The Balaban J connectivity index is 3.60. The van der Waals surface area contributed by atoms with Crippen LogP contribution in [-0.4, -0.2) is 23.8 Å². The fourth-order valence-corrected chi connectivity index (χ4v) is 1.10. The third kappa shape index (κ3) is 8.43. The summed E-state index contributed by atoms with van der Waals surface area (Å²) >= 11 is 0. The molecule has 0 aromatic rings. The average molecular weight is 216 g/mol. The Bertz CT molecular complexity index is 176. The molecular formula is C12H24O3. The molecule has 0 rings (SSSR count). The van der Waals surface area contributed by atoms with Crippen molar-refractivity contribution in [3.63, 3.8) is 0 Å². The molecule has 1 unspecified atom stereocenters. The number of carbonyl (C=O) groups excluding carboxylic acids is 1. The first-order chi connectivity index (χ1) is 6.93. The third-order valence-electron chi connectivity index (χ3n) is 2.23. The summed E-state index contributed by atoms with van der Waals surface area (Å²) in [5, 5.41) is 9.46. The molecule has 0 aromatic carbocycles. The van der Waals surface area contributed by atoms with Gasteiger partial charge in [-0.05, 0) is 31.1 Å². The van der Waals surface area contributed by atoms with Gasteiger partial charge in [0.25, 0.3) is 0 Å². The number of carbonyl (C=O) groups is 1. The van der Waals surface area contributed by atoms with Gasteiger partial charge in [0.2, 0.25) is 0 Å². The highest BCUT2D eigenvalue weighted by Crippen LogP contribution is 2.08. The van der Waals surface area contributed by atoms with E-state index in [-0.39, 0.29) is 0 Å². The molecular weight excluding hydrogens is 192 g/mol. The molecule has 0 heterocycles. The first-order valence-electron chi connectivity index (χ1n) is 5.78. The Morgan fingerprint density at radius 2 is 1.60 bits per heavy atom. The molecule has 1 atom stereocenters. The predicted molar refractivity (Wildman–Crippen MR) is 60.5 cm³/mol. The summed E-state index contributed by atoms with van der Waals surface area (Å²) in [6.07, 6.45) is 1.25. The molecule has 0 bridgehead atoms. The summed E-state index contributed by atoms with van der Waals surface area (Å²) in [5.41, 5.74) is 0. The second kappa shape index (κ2) is 7.69. The lowest BCUT2D eigenvalue weighted by Gasteiger charge is -2.12. The van der Waals surface area contributed by atoms with E-state index in [1.807, 2.05) is 0 Å². The van der Waals surface area contributed by atoms with E-state index in [0.717, 1.165) is 12.8 Å². The lowest BCUT2D eigenvalue weighted by atomic mass is 10.1. The molecule has 0 aromatic heterocycles. The first kappa shape index (κ1) is 14.4. The Morgan fingerprint density at radius 1 is 1.07 bits per heavy atom. The molecule has 90 valence electrons. The van der Waals surface area contributed by atoms with Gasteiger partial charge in [0.1, 0.15) is 0 Å². The fraction of sp³-hybridized carbons (Fsp3) is 0.917. The van der Waals surface area contributed by atoms with Gasteiger partial charge in [-0.1, -0.05) is 27.7 Å². The smallest absolute Gasteiger partial charge is 0.334 e. The van der Waals surface area contributed by atoms with Gasteiger partial charge in [-0.3, -0.25) is 0 Å². The molecule has 0 amide bonds. The van der Waals surface area contributed by atoms with Gasteiger partial charge in [-0.15, -0.1) is 0 Å². The Hall–Kier alpha value is -0.570. The molecule has 0 saturated carbocycles. The highest BCUT2D eigenvalue weighted by Gasteiger charge is 2.16. The molecule has 3 heteroatoms. The summed E-state index contributed by atoms with van der Waals surface area (Å²) in [7, 11) is 0. The zero-order valence-corrected chi connectivity index (χ0v) is 10.3. The van der Waals surface area contributed by atoms with Crippen molar-refractivity contribution in [3.8, 4) is 0 Å². The molecule has 0 fully saturated rings. The lowest BCUT2D eigenvalue weighted by Crippen LogP contribution is -2.24. The van der Waals surface area contributed by atoms with Crippen LogP contribution in [0.15, 0.2) is 0 Å². The predicted octanol–water partition coefficient (Wildman–Crippen LogP) is 2.37. The van der Waals surface area contributed by atoms with E-state index in [1.165, 1.54) is 0 Å². The molecule has 0 spiro atoms. The fourth-order valence-electron chi connectivity index (χ4n) is 1.10. The number of aliphatic hydroxyl groups excluding tert-OH is 1. The minimum atomic E-state index is -0.945. The van der Waals surface area contributed by atoms with E-state index in [4.69, 9.17) is 4.74 Å². The van der Waals surface area contributed by atoms with Crippen molar-refractivity contribution in [1.29, 1.82) is 0 Å². The molecule has 0 saturated heterocycles. The minimum Gasteiger partial charge on any atom is -0.464 e. The van der Waals surface area contributed by atoms with Gasteiger partial charge in [0.05, 0.1) is 6.61 Å². The quantitative estimate of drug-likeness (QED) is 0.665. The van der Waals surface area contributed by atoms with Crippen LogP contribution in [0.1, 0.15) is 47.0 Å². The summed E-state index contributed by atoms with van der Waals surface area (Å²) in [5.74, 6) is 0.546. The van der Waals surface area contributed by atoms with Crippen molar-refractivity contribution in [3.05, 3.63) is 0 Å². The van der Waals surface area contributed by atoms with Crippen LogP contribution in [0.5, 0.6) is 0 Å². The van der Waals surface area contributed by atoms with Crippen molar-refractivity contribution >= 4 is 5.97 Å². The summed E-state index contributed by atoms with van der Waals surface area (Å²) < 4.78 is 4.96. The van der Waals surface area contributed by atoms with Crippen LogP contribution in [0.4, 0.5) is 0 Å². The third-order valence-corrected chi connectivity index (χ3v) is 2.23. The van der Waals surface area contributed by atoms with Crippen molar-refractivity contribution in [1.82, 2.24) is 0 Å². The minimum absolute atomic E-state index is 0.412. The topological polar surface area (TPSA) is 46.5 Å². The first-order valence-corrected chi connectivity index (χ1v) is 5.78. The van der Waals surface area contributed by atoms with E-state index in [9.17, 15) is 9.90 Å². The normalized spacial score (nSPS) is 13.3. The van der Waals surface area contributed by atoms with E-state index in [1.54, 1.807) is 0 Å². The van der Waals surface area contributed by atoms with Crippen LogP contribution < -0.4 is 0 Å².